The summed E-state index contributed by atoms with van der Waals surface area (Å²) >= 11 is 0. The number of nitrogens with zero attached hydrogens (tertiary/aromatic N) is 3. The molecular weight excluding hydrogens is 584 g/mol. The van der Waals surface area contributed by atoms with E-state index in [-0.39, 0.29) is 35.6 Å². The zero-order valence-corrected chi connectivity index (χ0v) is 25.6. The molecule has 1 aliphatic rings. The van der Waals surface area contributed by atoms with E-state index in [0.717, 1.165) is 27.4 Å². The van der Waals surface area contributed by atoms with E-state index in [1.54, 1.807) is 32.9 Å². The Morgan fingerprint density at radius 3 is 2.53 bits per heavy atom. The van der Waals surface area contributed by atoms with Crippen molar-refractivity contribution in [2.45, 2.75) is 71.9 Å². The SMILES string of the molecule is CC(=O)Nc1cc(CCC(=O)c2cc(C(=O)N[C@H]3CCc4c3ccc(C(=O)OC(C)(C)C)c4C)n3ncc(F)c3n2)ccc1F. The van der Waals surface area contributed by atoms with Gasteiger partial charge in [-0.2, -0.15) is 5.10 Å². The maximum Gasteiger partial charge on any atom is 0.338 e. The first kappa shape index (κ1) is 31.4. The highest BCUT2D eigenvalue weighted by molar-refractivity contribution is 5.99. The molecule has 2 amide bonds. The zero-order chi connectivity index (χ0) is 32.6. The maximum atomic E-state index is 14.6. The number of Topliss-reactive ketones (excluding diaryl/α,β-unsaturated/α-hetero) is 1. The first-order valence-corrected chi connectivity index (χ1v) is 14.5. The number of nitrogens with one attached hydrogen (secondary N) is 2. The van der Waals surface area contributed by atoms with Crippen LogP contribution in [0.25, 0.3) is 5.65 Å². The maximum absolute atomic E-state index is 14.6. The molecule has 45 heavy (non-hydrogen) atoms. The molecule has 0 aliphatic heterocycles. The van der Waals surface area contributed by atoms with E-state index in [9.17, 15) is 28.0 Å². The number of ether oxygens (including phenoxy) is 1. The second-order valence-electron chi connectivity index (χ2n) is 12.0. The van der Waals surface area contributed by atoms with Crippen LogP contribution in [0.15, 0.2) is 42.6 Å². The van der Waals surface area contributed by atoms with Gasteiger partial charge in [-0.15, -0.1) is 0 Å². The van der Waals surface area contributed by atoms with Crippen molar-refractivity contribution in [1.82, 2.24) is 19.9 Å². The van der Waals surface area contributed by atoms with Crippen molar-refractivity contribution in [3.05, 3.63) is 93.4 Å². The number of amides is 2. The van der Waals surface area contributed by atoms with E-state index in [1.807, 2.05) is 6.92 Å². The van der Waals surface area contributed by atoms with Gasteiger partial charge in [0.1, 0.15) is 22.8 Å². The minimum Gasteiger partial charge on any atom is -0.456 e. The molecule has 234 valence electrons. The van der Waals surface area contributed by atoms with Gasteiger partial charge in [0, 0.05) is 13.3 Å². The summed E-state index contributed by atoms with van der Waals surface area (Å²) in [6.45, 7) is 8.52. The number of fused-ring (bicyclic) bond motifs is 2. The second-order valence-corrected chi connectivity index (χ2v) is 12.0. The number of carbonyl (C=O) groups is 4. The molecule has 0 fully saturated rings. The number of ketones is 1. The Kier molecular flexibility index (Phi) is 8.51. The first-order chi connectivity index (χ1) is 21.2. The number of rotatable bonds is 8. The summed E-state index contributed by atoms with van der Waals surface area (Å²) < 4.78 is 35.2. The molecule has 1 aliphatic carbocycles. The van der Waals surface area contributed by atoms with Crippen molar-refractivity contribution >= 4 is 34.9 Å². The predicted molar refractivity (Wildman–Crippen MR) is 161 cm³/mol. The minimum absolute atomic E-state index is 0.00275. The molecule has 2 heterocycles. The van der Waals surface area contributed by atoms with Crippen LogP contribution in [0.1, 0.15) is 100 Å². The van der Waals surface area contributed by atoms with Crippen molar-refractivity contribution in [3.8, 4) is 0 Å². The van der Waals surface area contributed by atoms with Crippen LogP contribution < -0.4 is 10.6 Å². The predicted octanol–water partition coefficient (Wildman–Crippen LogP) is 5.46. The molecule has 0 radical (unpaired) electrons. The summed E-state index contributed by atoms with van der Waals surface area (Å²) in [5.41, 5.74) is 2.55. The second kappa shape index (κ2) is 12.2. The highest BCUT2D eigenvalue weighted by Gasteiger charge is 2.30. The summed E-state index contributed by atoms with van der Waals surface area (Å²) in [4.78, 5) is 55.0. The molecule has 0 bridgehead atoms. The Balaban J connectivity index is 1.36. The van der Waals surface area contributed by atoms with Gasteiger partial charge in [-0.1, -0.05) is 12.1 Å². The monoisotopic (exact) mass is 617 g/mol. The van der Waals surface area contributed by atoms with Gasteiger partial charge in [0.25, 0.3) is 5.91 Å². The van der Waals surface area contributed by atoms with E-state index in [0.29, 0.717) is 24.0 Å². The van der Waals surface area contributed by atoms with Crippen molar-refractivity contribution in [2.75, 3.05) is 5.32 Å². The molecule has 2 N–H and O–H groups in total. The van der Waals surface area contributed by atoms with Crippen LogP contribution >= 0.6 is 0 Å². The van der Waals surface area contributed by atoms with Crippen LogP contribution in [0.5, 0.6) is 0 Å². The largest absolute Gasteiger partial charge is 0.456 e. The quantitative estimate of drug-likeness (QED) is 0.198. The number of carbonyl (C=O) groups excluding carboxylic acids is 4. The lowest BCUT2D eigenvalue weighted by atomic mass is 9.97. The Morgan fingerprint density at radius 1 is 1.07 bits per heavy atom. The van der Waals surface area contributed by atoms with Crippen LogP contribution in [-0.4, -0.2) is 43.8 Å². The minimum atomic E-state index is -0.798. The number of hydrogen-bond donors (Lipinski definition) is 2. The van der Waals surface area contributed by atoms with E-state index in [1.165, 1.54) is 31.2 Å². The summed E-state index contributed by atoms with van der Waals surface area (Å²) in [7, 11) is 0. The molecule has 1 atom stereocenters. The molecule has 2 aromatic heterocycles. The molecule has 0 saturated carbocycles. The summed E-state index contributed by atoms with van der Waals surface area (Å²) in [5.74, 6) is -3.30. The fourth-order valence-electron chi connectivity index (χ4n) is 5.46. The third-order valence-corrected chi connectivity index (χ3v) is 7.55. The fraction of sp³-hybridized carbons (Fsp3) is 0.333. The van der Waals surface area contributed by atoms with Gasteiger partial charge >= 0.3 is 5.97 Å². The third-order valence-electron chi connectivity index (χ3n) is 7.55. The summed E-state index contributed by atoms with van der Waals surface area (Å²) in [6, 6.07) is 8.51. The average molecular weight is 618 g/mol. The van der Waals surface area contributed by atoms with Crippen molar-refractivity contribution in [2.24, 2.45) is 0 Å². The normalized spacial score (nSPS) is 14.2. The molecule has 5 rings (SSSR count). The summed E-state index contributed by atoms with van der Waals surface area (Å²) in [5, 5.41) is 9.33. The number of benzene rings is 2. The fourth-order valence-corrected chi connectivity index (χ4v) is 5.46. The van der Waals surface area contributed by atoms with Crippen LogP contribution in [0, 0.1) is 18.6 Å². The molecule has 10 nitrogen and oxygen atoms in total. The van der Waals surface area contributed by atoms with Gasteiger partial charge < -0.3 is 15.4 Å². The number of anilines is 1. The Hall–Kier alpha value is -5.00. The van der Waals surface area contributed by atoms with E-state index in [2.05, 4.69) is 20.7 Å². The third kappa shape index (κ3) is 6.74. The van der Waals surface area contributed by atoms with E-state index >= 15 is 0 Å². The highest BCUT2D eigenvalue weighted by Crippen LogP contribution is 2.35. The van der Waals surface area contributed by atoms with E-state index < -0.39 is 46.8 Å². The highest BCUT2D eigenvalue weighted by atomic mass is 19.1. The van der Waals surface area contributed by atoms with Crippen LogP contribution in [-0.2, 0) is 22.4 Å². The Morgan fingerprint density at radius 2 is 1.82 bits per heavy atom. The lowest BCUT2D eigenvalue weighted by Crippen LogP contribution is -2.29. The van der Waals surface area contributed by atoms with Gasteiger partial charge in [-0.25, -0.2) is 23.1 Å². The number of halogens is 2. The number of aryl methyl sites for hydroxylation is 1. The molecule has 12 heteroatoms. The van der Waals surface area contributed by atoms with Gasteiger partial charge in [0.15, 0.2) is 17.2 Å². The van der Waals surface area contributed by atoms with Crippen molar-refractivity contribution in [3.63, 3.8) is 0 Å². The number of hydrogen-bond acceptors (Lipinski definition) is 7. The van der Waals surface area contributed by atoms with Crippen molar-refractivity contribution < 1.29 is 32.7 Å². The van der Waals surface area contributed by atoms with Gasteiger partial charge in [-0.05, 0) is 93.5 Å². The number of esters is 1. The van der Waals surface area contributed by atoms with E-state index in [4.69, 9.17) is 4.74 Å². The number of aromatic nitrogens is 3. The first-order valence-electron chi connectivity index (χ1n) is 14.5. The summed E-state index contributed by atoms with van der Waals surface area (Å²) in [6.07, 6.45) is 2.24. The Labute approximate surface area is 258 Å². The molecule has 0 saturated heterocycles. The lowest BCUT2D eigenvalue weighted by molar-refractivity contribution is -0.114. The Bertz CT molecular complexity index is 1860. The van der Waals surface area contributed by atoms with Gasteiger partial charge in [-0.3, -0.25) is 14.4 Å². The molecule has 2 aromatic carbocycles. The van der Waals surface area contributed by atoms with Crippen LogP contribution in [0.2, 0.25) is 0 Å². The molecular formula is C33H33F2N5O5. The van der Waals surface area contributed by atoms with Gasteiger partial charge in [0.2, 0.25) is 5.91 Å². The molecule has 4 aromatic rings. The zero-order valence-electron chi connectivity index (χ0n) is 25.6. The van der Waals surface area contributed by atoms with Crippen LogP contribution in [0.4, 0.5) is 14.5 Å². The lowest BCUT2D eigenvalue weighted by Gasteiger charge is -2.21. The van der Waals surface area contributed by atoms with Crippen LogP contribution in [0.3, 0.4) is 0 Å². The molecule has 0 unspecified atom stereocenters. The standard InChI is InChI=1S/C33H33F2N5O5/c1-17-20-10-12-25(22(20)9-8-21(17)32(44)45-33(3,4)5)39-31(43)28-15-27(38-30-24(35)16-36-40(28)30)29(42)13-7-19-6-11-23(34)26(14-19)37-18(2)41/h6,8-9,11,14-16,25H,7,10,12-13H2,1-5H3,(H,37,41)(H,39,43)/t25-/m0/s1. The topological polar surface area (TPSA) is 132 Å². The van der Waals surface area contributed by atoms with Gasteiger partial charge in [0.05, 0.1) is 23.5 Å². The average Bonchev–Trinajstić information content (AvgIpc) is 3.55. The van der Waals surface area contributed by atoms with Crippen molar-refractivity contribution in [1.29, 1.82) is 0 Å². The smallest absolute Gasteiger partial charge is 0.338 e. The molecule has 0 spiro atoms.